The van der Waals surface area contributed by atoms with Gasteiger partial charge in [0.25, 0.3) is 0 Å². The van der Waals surface area contributed by atoms with E-state index in [1.807, 2.05) is 42.7 Å². The predicted octanol–water partition coefficient (Wildman–Crippen LogP) is 1.56. The molecule has 2 aliphatic heterocycles. The standard InChI is InChI=1S/C10H9N2/c1-3-7-11-9(5-1)10-6-2-4-8-12-10/h1-8,11H/b10-9+. The van der Waals surface area contributed by atoms with Gasteiger partial charge in [-0.05, 0) is 24.3 Å². The SMILES string of the molecule is C1=C[N]/C(=C2\C=CC=CN2)C=C1. The van der Waals surface area contributed by atoms with Crippen molar-refractivity contribution in [1.29, 1.82) is 0 Å². The molecular formula is C10H9N2. The fourth-order valence-corrected chi connectivity index (χ4v) is 1.07. The highest BCUT2D eigenvalue weighted by molar-refractivity contribution is 5.38. The van der Waals surface area contributed by atoms with Crippen LogP contribution in [0.4, 0.5) is 0 Å². The molecule has 2 heterocycles. The van der Waals surface area contributed by atoms with Gasteiger partial charge in [0, 0.05) is 12.4 Å². The van der Waals surface area contributed by atoms with E-state index in [1.54, 1.807) is 6.20 Å². The lowest BCUT2D eigenvalue weighted by Crippen LogP contribution is -2.12. The van der Waals surface area contributed by atoms with Gasteiger partial charge in [-0.25, -0.2) is 0 Å². The zero-order valence-corrected chi connectivity index (χ0v) is 6.57. The van der Waals surface area contributed by atoms with Crippen LogP contribution >= 0.6 is 0 Å². The van der Waals surface area contributed by atoms with E-state index in [2.05, 4.69) is 10.6 Å². The van der Waals surface area contributed by atoms with Crippen molar-refractivity contribution in [1.82, 2.24) is 10.6 Å². The van der Waals surface area contributed by atoms with Crippen molar-refractivity contribution in [3.05, 3.63) is 60.3 Å². The molecule has 1 N–H and O–H groups in total. The van der Waals surface area contributed by atoms with Crippen molar-refractivity contribution in [2.24, 2.45) is 0 Å². The van der Waals surface area contributed by atoms with Crippen molar-refractivity contribution < 1.29 is 0 Å². The van der Waals surface area contributed by atoms with E-state index in [0.29, 0.717) is 0 Å². The lowest BCUT2D eigenvalue weighted by atomic mass is 10.2. The number of rotatable bonds is 0. The summed E-state index contributed by atoms with van der Waals surface area (Å²) in [5.41, 5.74) is 2.01. The smallest absolute Gasteiger partial charge is 0.0864 e. The Morgan fingerprint density at radius 1 is 1.00 bits per heavy atom. The predicted molar refractivity (Wildman–Crippen MR) is 48.9 cm³/mol. The molecule has 0 aliphatic carbocycles. The van der Waals surface area contributed by atoms with Crippen LogP contribution in [0.2, 0.25) is 0 Å². The third-order valence-electron chi connectivity index (χ3n) is 1.65. The quantitative estimate of drug-likeness (QED) is 0.567. The molecule has 0 aromatic carbocycles. The third kappa shape index (κ3) is 1.32. The Kier molecular flexibility index (Phi) is 1.82. The van der Waals surface area contributed by atoms with Gasteiger partial charge in [-0.1, -0.05) is 12.2 Å². The minimum absolute atomic E-state index is 0.970. The number of allylic oxidation sites excluding steroid dienone is 6. The number of hydrogen-bond donors (Lipinski definition) is 1. The molecule has 0 atom stereocenters. The molecule has 2 aliphatic rings. The molecule has 0 unspecified atom stereocenters. The van der Waals surface area contributed by atoms with Gasteiger partial charge < -0.3 is 5.32 Å². The topological polar surface area (TPSA) is 26.1 Å². The zero-order valence-electron chi connectivity index (χ0n) is 6.57. The van der Waals surface area contributed by atoms with Crippen molar-refractivity contribution in [3.63, 3.8) is 0 Å². The van der Waals surface area contributed by atoms with Gasteiger partial charge in [0.05, 0.1) is 11.4 Å². The van der Waals surface area contributed by atoms with Crippen LogP contribution in [0.15, 0.2) is 60.3 Å². The summed E-state index contributed by atoms with van der Waals surface area (Å²) in [7, 11) is 0. The highest BCUT2D eigenvalue weighted by Gasteiger charge is 2.02. The van der Waals surface area contributed by atoms with E-state index in [4.69, 9.17) is 0 Å². The fourth-order valence-electron chi connectivity index (χ4n) is 1.07. The molecule has 0 bridgehead atoms. The van der Waals surface area contributed by atoms with Crippen LogP contribution in [-0.4, -0.2) is 0 Å². The molecule has 12 heavy (non-hydrogen) atoms. The van der Waals surface area contributed by atoms with Crippen LogP contribution in [0.5, 0.6) is 0 Å². The molecule has 1 radical (unpaired) electrons. The molecule has 59 valence electrons. The van der Waals surface area contributed by atoms with Gasteiger partial charge in [-0.2, -0.15) is 0 Å². The van der Waals surface area contributed by atoms with Crippen LogP contribution < -0.4 is 10.6 Å². The summed E-state index contributed by atoms with van der Waals surface area (Å²) in [6.45, 7) is 0. The lowest BCUT2D eigenvalue weighted by molar-refractivity contribution is 0.977. The first-order valence-corrected chi connectivity index (χ1v) is 3.85. The molecule has 0 spiro atoms. The second-order valence-corrected chi connectivity index (χ2v) is 2.49. The number of hydrogen-bond acceptors (Lipinski definition) is 1. The second kappa shape index (κ2) is 3.13. The summed E-state index contributed by atoms with van der Waals surface area (Å²) in [4.78, 5) is 0. The Morgan fingerprint density at radius 2 is 1.92 bits per heavy atom. The Morgan fingerprint density at radius 3 is 2.58 bits per heavy atom. The molecule has 0 aromatic rings. The second-order valence-electron chi connectivity index (χ2n) is 2.49. The Hall–Kier alpha value is -1.70. The Labute approximate surface area is 71.7 Å². The van der Waals surface area contributed by atoms with Crippen LogP contribution in [-0.2, 0) is 0 Å². The summed E-state index contributed by atoms with van der Waals surface area (Å²) < 4.78 is 0. The summed E-state index contributed by atoms with van der Waals surface area (Å²) in [5.74, 6) is 0. The molecule has 2 nitrogen and oxygen atoms in total. The maximum absolute atomic E-state index is 4.22. The minimum Gasteiger partial charge on any atom is -0.360 e. The van der Waals surface area contributed by atoms with E-state index >= 15 is 0 Å². The van der Waals surface area contributed by atoms with Gasteiger partial charge in [-0.15, -0.1) is 0 Å². The fraction of sp³-hybridized carbons (Fsp3) is 0. The van der Waals surface area contributed by atoms with Gasteiger partial charge in [-0.3, -0.25) is 5.32 Å². The normalized spacial score (nSPS) is 25.3. The molecule has 0 fully saturated rings. The highest BCUT2D eigenvalue weighted by Crippen LogP contribution is 2.09. The number of nitrogens with zero attached hydrogens (tertiary/aromatic N) is 1. The summed E-state index contributed by atoms with van der Waals surface area (Å²) in [6, 6.07) is 0. The maximum atomic E-state index is 4.22. The largest absolute Gasteiger partial charge is 0.360 e. The van der Waals surface area contributed by atoms with Gasteiger partial charge in [0.1, 0.15) is 0 Å². The zero-order chi connectivity index (χ0) is 8.23. The van der Waals surface area contributed by atoms with Crippen molar-refractivity contribution in [3.8, 4) is 0 Å². The van der Waals surface area contributed by atoms with Crippen molar-refractivity contribution >= 4 is 0 Å². The van der Waals surface area contributed by atoms with Crippen molar-refractivity contribution in [2.75, 3.05) is 0 Å². The van der Waals surface area contributed by atoms with Crippen LogP contribution in [0, 0.1) is 0 Å². The Bertz CT molecular complexity index is 285. The molecule has 0 aromatic heterocycles. The molecule has 2 rings (SSSR count). The van der Waals surface area contributed by atoms with Gasteiger partial charge in [0.15, 0.2) is 0 Å². The first-order valence-electron chi connectivity index (χ1n) is 3.85. The highest BCUT2D eigenvalue weighted by atomic mass is 14.9. The molecule has 0 saturated heterocycles. The molecule has 2 heteroatoms. The monoisotopic (exact) mass is 157 g/mol. The van der Waals surface area contributed by atoms with Crippen LogP contribution in [0.3, 0.4) is 0 Å². The number of dihydropyridines is 1. The third-order valence-corrected chi connectivity index (χ3v) is 1.65. The summed E-state index contributed by atoms with van der Waals surface area (Å²) in [5, 5.41) is 7.34. The van der Waals surface area contributed by atoms with E-state index in [9.17, 15) is 0 Å². The average Bonchev–Trinajstić information content (AvgIpc) is 2.21. The van der Waals surface area contributed by atoms with Gasteiger partial charge >= 0.3 is 0 Å². The van der Waals surface area contributed by atoms with E-state index < -0.39 is 0 Å². The summed E-state index contributed by atoms with van der Waals surface area (Å²) >= 11 is 0. The summed E-state index contributed by atoms with van der Waals surface area (Å²) in [6.07, 6.45) is 15.5. The first-order chi connectivity index (χ1) is 5.97. The first kappa shape index (κ1) is 6.98. The molecule has 0 amide bonds. The Balaban J connectivity index is 2.25. The molecule has 0 saturated carbocycles. The lowest BCUT2D eigenvalue weighted by Gasteiger charge is -2.10. The minimum atomic E-state index is 0.970. The van der Waals surface area contributed by atoms with Gasteiger partial charge in [0.2, 0.25) is 0 Å². The van der Waals surface area contributed by atoms with E-state index in [1.165, 1.54) is 0 Å². The van der Waals surface area contributed by atoms with Crippen molar-refractivity contribution in [2.45, 2.75) is 0 Å². The van der Waals surface area contributed by atoms with Crippen LogP contribution in [0.1, 0.15) is 0 Å². The maximum Gasteiger partial charge on any atom is 0.0864 e. The number of nitrogens with one attached hydrogen (secondary N) is 1. The van der Waals surface area contributed by atoms with E-state index in [0.717, 1.165) is 11.4 Å². The molecular weight excluding hydrogens is 148 g/mol. The van der Waals surface area contributed by atoms with Crippen LogP contribution in [0.25, 0.3) is 0 Å². The van der Waals surface area contributed by atoms with E-state index in [-0.39, 0.29) is 0 Å². The average molecular weight is 157 g/mol.